The quantitative estimate of drug-likeness (QED) is 0.348. The molecule has 0 aliphatic heterocycles. The van der Waals surface area contributed by atoms with Gasteiger partial charge in [-0.1, -0.05) is 0 Å². The van der Waals surface area contributed by atoms with E-state index in [1.54, 1.807) is 0 Å². The molecule has 0 aromatic carbocycles. The first kappa shape index (κ1) is 21.5. The van der Waals surface area contributed by atoms with Crippen molar-refractivity contribution < 1.29 is 24.8 Å². The van der Waals surface area contributed by atoms with Gasteiger partial charge in [0.25, 0.3) is 0 Å². The Morgan fingerprint density at radius 2 is 1.43 bits per heavy atom. The van der Waals surface area contributed by atoms with Crippen LogP contribution in [0.1, 0.15) is 54.4 Å². The van der Waals surface area contributed by atoms with Gasteiger partial charge in [-0.25, -0.2) is 0 Å². The Labute approximate surface area is 126 Å². The van der Waals surface area contributed by atoms with Crippen LogP contribution in [0.15, 0.2) is 0 Å². The number of carboxylic acids is 2. The first-order valence-corrected chi connectivity index (χ1v) is 7.12. The van der Waals surface area contributed by atoms with Crippen LogP contribution >= 0.6 is 0 Å². The maximum Gasteiger partial charge on any atom is 0.344 e. The molecule has 0 saturated heterocycles. The fraction of sp³-hybridized carbons (Fsp3) is 0.786. The molecule has 7 nitrogen and oxygen atoms in total. The lowest BCUT2D eigenvalue weighted by Crippen LogP contribution is -2.84. The molecular formula is C14H29N3O4. The fourth-order valence-corrected chi connectivity index (χ4v) is 1.20. The van der Waals surface area contributed by atoms with Crippen LogP contribution in [0.5, 0.6) is 0 Å². The maximum absolute atomic E-state index is 9.61. The zero-order valence-corrected chi connectivity index (χ0v) is 13.8. The summed E-state index contributed by atoms with van der Waals surface area (Å²) >= 11 is 0. The van der Waals surface area contributed by atoms with Crippen LogP contribution in [0.3, 0.4) is 0 Å². The number of guanidine groups is 1. The summed E-state index contributed by atoms with van der Waals surface area (Å²) in [7, 11) is 0. The molecule has 0 spiro atoms. The Morgan fingerprint density at radius 3 is 1.62 bits per heavy atom. The summed E-state index contributed by atoms with van der Waals surface area (Å²) in [6.45, 7) is 12.8. The van der Waals surface area contributed by atoms with Crippen LogP contribution in [0, 0.1) is 0 Å². The number of carboxylic acid groups (broad SMARTS) is 2. The first-order chi connectivity index (χ1) is 9.54. The fourth-order valence-electron chi connectivity index (χ4n) is 1.20. The maximum atomic E-state index is 9.61. The Morgan fingerprint density at radius 1 is 1.00 bits per heavy atom. The number of carbonyl (C=O) groups excluding carboxylic acids is 1. The Balaban J connectivity index is 0. The highest BCUT2D eigenvalue weighted by Crippen LogP contribution is 1.83. The van der Waals surface area contributed by atoms with Gasteiger partial charge in [0.15, 0.2) is 0 Å². The number of hydrogen-bond acceptors (Lipinski definition) is 3. The molecule has 7 heteroatoms. The summed E-state index contributed by atoms with van der Waals surface area (Å²) < 4.78 is 0. The molecule has 0 heterocycles. The van der Waals surface area contributed by atoms with E-state index in [2.05, 4.69) is 57.2 Å². The molecule has 0 amide bonds. The van der Waals surface area contributed by atoms with Gasteiger partial charge in [0, 0.05) is 5.97 Å². The van der Waals surface area contributed by atoms with E-state index in [4.69, 9.17) is 5.11 Å². The highest BCUT2D eigenvalue weighted by Gasteiger charge is 2.10. The van der Waals surface area contributed by atoms with E-state index in [9.17, 15) is 14.7 Å². The number of hydrogen-bond donors (Lipinski definition) is 4. The van der Waals surface area contributed by atoms with Crippen molar-refractivity contribution in [1.29, 1.82) is 0 Å². The topological polar surface area (TPSA) is 115 Å². The molecule has 0 radical (unpaired) electrons. The second-order valence-electron chi connectivity index (χ2n) is 5.54. The summed E-state index contributed by atoms with van der Waals surface area (Å²) in [5.74, 6) is -1.42. The molecule has 0 bridgehead atoms. The third kappa shape index (κ3) is 20.7. The van der Waals surface area contributed by atoms with Crippen molar-refractivity contribution in [2.24, 2.45) is 0 Å². The van der Waals surface area contributed by atoms with E-state index in [0.29, 0.717) is 18.1 Å². The Bertz CT molecular complexity index is 313. The van der Waals surface area contributed by atoms with Crippen molar-refractivity contribution in [2.45, 2.75) is 72.5 Å². The molecule has 0 aromatic rings. The standard InChI is InChI=1S/C10H23N3.C4H6O4/c1-7(2)11-10(12-8(3)4)13-9(5)6;5-3(6)1-2-4(7)8/h7-9H,1-6H3,(H2,11,12,13);1-2H2,(H,5,6)(H,7,8). The number of aliphatic carboxylic acids is 2. The van der Waals surface area contributed by atoms with Crippen LogP contribution in [0.25, 0.3) is 0 Å². The van der Waals surface area contributed by atoms with Gasteiger partial charge < -0.3 is 15.0 Å². The van der Waals surface area contributed by atoms with Crippen molar-refractivity contribution in [3.63, 3.8) is 0 Å². The molecule has 0 rings (SSSR count). The van der Waals surface area contributed by atoms with Crippen molar-refractivity contribution in [2.75, 3.05) is 0 Å². The van der Waals surface area contributed by atoms with Gasteiger partial charge in [0.05, 0.1) is 24.5 Å². The monoisotopic (exact) mass is 303 g/mol. The molecule has 4 N–H and O–H groups in total. The average Bonchev–Trinajstić information content (AvgIpc) is 2.24. The minimum Gasteiger partial charge on any atom is -0.550 e. The van der Waals surface area contributed by atoms with Gasteiger partial charge in [-0.05, 0) is 48.0 Å². The summed E-state index contributed by atoms with van der Waals surface area (Å²) in [6.07, 6.45) is -0.766. The van der Waals surface area contributed by atoms with Gasteiger partial charge in [-0.2, -0.15) is 0 Å². The third-order valence-electron chi connectivity index (χ3n) is 1.84. The van der Waals surface area contributed by atoms with E-state index < -0.39 is 18.4 Å². The van der Waals surface area contributed by atoms with Gasteiger partial charge in [0.2, 0.25) is 0 Å². The number of carbonyl (C=O) groups is 2. The van der Waals surface area contributed by atoms with Crippen LogP contribution in [-0.4, -0.2) is 41.1 Å². The lowest BCUT2D eigenvalue weighted by Gasteiger charge is -2.11. The van der Waals surface area contributed by atoms with Crippen LogP contribution in [0.4, 0.5) is 0 Å². The zero-order chi connectivity index (χ0) is 17.0. The van der Waals surface area contributed by atoms with E-state index in [1.165, 1.54) is 0 Å². The van der Waals surface area contributed by atoms with Crippen LogP contribution < -0.4 is 20.7 Å². The summed E-state index contributed by atoms with van der Waals surface area (Å²) in [4.78, 5) is 22.5. The molecule has 124 valence electrons. The second-order valence-corrected chi connectivity index (χ2v) is 5.54. The molecule has 0 aliphatic rings. The summed E-state index contributed by atoms with van der Waals surface area (Å²) in [6, 6.07) is 1.35. The average molecular weight is 303 g/mol. The van der Waals surface area contributed by atoms with Crippen LogP contribution in [0.2, 0.25) is 0 Å². The van der Waals surface area contributed by atoms with Gasteiger partial charge in [0.1, 0.15) is 0 Å². The van der Waals surface area contributed by atoms with Crippen molar-refractivity contribution >= 4 is 17.9 Å². The third-order valence-corrected chi connectivity index (χ3v) is 1.84. The first-order valence-electron chi connectivity index (χ1n) is 7.12. The van der Waals surface area contributed by atoms with Crippen molar-refractivity contribution in [1.82, 2.24) is 10.6 Å². The lowest BCUT2D eigenvalue weighted by atomic mass is 10.3. The molecule has 0 unspecified atom stereocenters. The molecule has 21 heavy (non-hydrogen) atoms. The minimum atomic E-state index is -1.33. The SMILES string of the molecule is CC(C)NC(NC(C)C)=[NH+]C(C)C.O=C([O-])CCC(=O)O. The van der Waals surface area contributed by atoms with E-state index in [0.717, 1.165) is 5.96 Å². The highest BCUT2D eigenvalue weighted by atomic mass is 16.4. The zero-order valence-electron chi connectivity index (χ0n) is 13.8. The lowest BCUT2D eigenvalue weighted by molar-refractivity contribution is -0.498. The smallest absolute Gasteiger partial charge is 0.344 e. The molecule has 0 saturated carbocycles. The van der Waals surface area contributed by atoms with Crippen molar-refractivity contribution in [3.05, 3.63) is 0 Å². The molecule has 0 atom stereocenters. The summed E-state index contributed by atoms with van der Waals surface area (Å²) in [5.41, 5.74) is 0. The second kappa shape index (κ2) is 12.0. The molecule has 0 fully saturated rings. The summed E-state index contributed by atoms with van der Waals surface area (Å²) in [5, 5.41) is 24.1. The molecular weight excluding hydrogens is 274 g/mol. The largest absolute Gasteiger partial charge is 0.550 e. The minimum absolute atomic E-state index is 0.359. The van der Waals surface area contributed by atoms with Gasteiger partial charge >= 0.3 is 11.9 Å². The Kier molecular flexibility index (Phi) is 12.3. The number of rotatable bonds is 6. The molecule has 0 aliphatic carbocycles. The highest BCUT2D eigenvalue weighted by molar-refractivity contribution is 5.74. The van der Waals surface area contributed by atoms with Gasteiger partial charge in [-0.15, -0.1) is 0 Å². The van der Waals surface area contributed by atoms with E-state index in [-0.39, 0.29) is 6.42 Å². The van der Waals surface area contributed by atoms with Gasteiger partial charge in [-0.3, -0.25) is 20.4 Å². The Hall–Kier alpha value is -1.79. The molecule has 0 aromatic heterocycles. The van der Waals surface area contributed by atoms with E-state index in [1.807, 2.05) is 0 Å². The normalized spacial score (nSPS) is 9.95. The van der Waals surface area contributed by atoms with Crippen molar-refractivity contribution in [3.8, 4) is 0 Å². The predicted molar refractivity (Wildman–Crippen MR) is 79.5 cm³/mol. The number of nitrogens with one attached hydrogen (secondary N) is 3. The predicted octanol–water partition coefficient (Wildman–Crippen LogP) is -1.57. The van der Waals surface area contributed by atoms with Crippen LogP contribution in [-0.2, 0) is 9.59 Å². The van der Waals surface area contributed by atoms with E-state index >= 15 is 0 Å².